The molecule has 1 aliphatic carbocycles. The van der Waals surface area contributed by atoms with Crippen molar-refractivity contribution in [1.29, 1.82) is 0 Å². The van der Waals surface area contributed by atoms with Gasteiger partial charge in [-0.25, -0.2) is 0 Å². The quantitative estimate of drug-likeness (QED) is 0.671. The van der Waals surface area contributed by atoms with Crippen molar-refractivity contribution in [2.75, 3.05) is 13.2 Å². The molecule has 94 valence electrons. The topological polar surface area (TPSA) is 64.4 Å². The summed E-state index contributed by atoms with van der Waals surface area (Å²) in [4.78, 5) is 11.3. The standard InChI is InChI=1S/C12H24N2O2/c1-10(13)9-12(15)14-7-8-16-11-5-3-2-4-6-11/h10-11H,2-9,13H2,1H3,(H,14,15). The van der Waals surface area contributed by atoms with Crippen LogP contribution >= 0.6 is 0 Å². The van der Waals surface area contributed by atoms with Crippen LogP contribution in [0.5, 0.6) is 0 Å². The minimum atomic E-state index is -0.0701. The van der Waals surface area contributed by atoms with E-state index in [-0.39, 0.29) is 11.9 Å². The fourth-order valence-electron chi connectivity index (χ4n) is 2.01. The van der Waals surface area contributed by atoms with Gasteiger partial charge in [0.05, 0.1) is 12.7 Å². The molecule has 3 N–H and O–H groups in total. The molecule has 16 heavy (non-hydrogen) atoms. The molecule has 0 aliphatic heterocycles. The van der Waals surface area contributed by atoms with Crippen LogP contribution in [0.2, 0.25) is 0 Å². The van der Waals surface area contributed by atoms with Crippen LogP contribution in [0.25, 0.3) is 0 Å². The van der Waals surface area contributed by atoms with E-state index in [1.807, 2.05) is 6.92 Å². The molecular weight excluding hydrogens is 204 g/mol. The molecule has 0 saturated heterocycles. The Balaban J connectivity index is 1.96. The number of ether oxygens (including phenoxy) is 1. The smallest absolute Gasteiger partial charge is 0.221 e. The zero-order chi connectivity index (χ0) is 11.8. The molecule has 1 fully saturated rings. The molecule has 0 spiro atoms. The monoisotopic (exact) mass is 228 g/mol. The highest BCUT2D eigenvalue weighted by molar-refractivity contribution is 5.76. The molecule has 1 amide bonds. The number of amides is 1. The molecule has 0 aromatic carbocycles. The summed E-state index contributed by atoms with van der Waals surface area (Å²) in [6, 6.07) is -0.0701. The summed E-state index contributed by atoms with van der Waals surface area (Å²) in [5.41, 5.74) is 5.52. The maximum atomic E-state index is 11.3. The molecule has 0 aromatic rings. The van der Waals surface area contributed by atoms with Crippen molar-refractivity contribution < 1.29 is 9.53 Å². The number of hydrogen-bond acceptors (Lipinski definition) is 3. The van der Waals surface area contributed by atoms with Gasteiger partial charge in [-0.15, -0.1) is 0 Å². The van der Waals surface area contributed by atoms with Gasteiger partial charge in [-0.1, -0.05) is 19.3 Å². The van der Waals surface area contributed by atoms with Gasteiger partial charge in [0.15, 0.2) is 0 Å². The Bertz CT molecular complexity index is 201. The number of hydrogen-bond donors (Lipinski definition) is 2. The SMILES string of the molecule is CC(N)CC(=O)NCCOC1CCCCC1. The van der Waals surface area contributed by atoms with Gasteiger partial charge in [-0.2, -0.15) is 0 Å². The number of carbonyl (C=O) groups is 1. The predicted molar refractivity (Wildman–Crippen MR) is 64.1 cm³/mol. The third-order valence-electron chi connectivity index (χ3n) is 2.84. The van der Waals surface area contributed by atoms with Crippen molar-refractivity contribution in [3.05, 3.63) is 0 Å². The van der Waals surface area contributed by atoms with E-state index >= 15 is 0 Å². The first-order valence-corrected chi connectivity index (χ1v) is 6.32. The lowest BCUT2D eigenvalue weighted by Crippen LogP contribution is -2.33. The molecule has 0 radical (unpaired) electrons. The Labute approximate surface area is 97.9 Å². The summed E-state index contributed by atoms with van der Waals surface area (Å²) in [6.45, 7) is 3.05. The second-order valence-electron chi connectivity index (χ2n) is 4.66. The van der Waals surface area contributed by atoms with Crippen LogP contribution in [-0.2, 0) is 9.53 Å². The van der Waals surface area contributed by atoms with Crippen LogP contribution in [0.3, 0.4) is 0 Å². The first kappa shape index (κ1) is 13.5. The molecule has 1 unspecified atom stereocenters. The third-order valence-corrected chi connectivity index (χ3v) is 2.84. The van der Waals surface area contributed by atoms with Crippen molar-refractivity contribution in [3.63, 3.8) is 0 Å². The lowest BCUT2D eigenvalue weighted by Gasteiger charge is -2.22. The average Bonchev–Trinajstić information content (AvgIpc) is 2.25. The van der Waals surface area contributed by atoms with Gasteiger partial charge in [0.2, 0.25) is 5.91 Å². The number of carbonyl (C=O) groups excluding carboxylic acids is 1. The zero-order valence-corrected chi connectivity index (χ0v) is 10.2. The van der Waals surface area contributed by atoms with Gasteiger partial charge in [0.25, 0.3) is 0 Å². The number of nitrogens with two attached hydrogens (primary N) is 1. The molecule has 4 heteroatoms. The van der Waals surface area contributed by atoms with E-state index in [0.29, 0.717) is 25.7 Å². The van der Waals surface area contributed by atoms with Crippen molar-refractivity contribution >= 4 is 5.91 Å². The van der Waals surface area contributed by atoms with Crippen LogP contribution < -0.4 is 11.1 Å². The van der Waals surface area contributed by atoms with E-state index in [1.165, 1.54) is 32.1 Å². The Morgan fingerprint density at radius 3 is 2.75 bits per heavy atom. The van der Waals surface area contributed by atoms with Gasteiger partial charge < -0.3 is 15.8 Å². The van der Waals surface area contributed by atoms with Crippen LogP contribution in [-0.4, -0.2) is 31.2 Å². The second kappa shape index (κ2) is 7.63. The highest BCUT2D eigenvalue weighted by Gasteiger charge is 2.13. The molecule has 1 saturated carbocycles. The van der Waals surface area contributed by atoms with E-state index in [0.717, 1.165) is 0 Å². The minimum absolute atomic E-state index is 0.0160. The normalized spacial score (nSPS) is 19.4. The van der Waals surface area contributed by atoms with Crippen LogP contribution in [0.15, 0.2) is 0 Å². The van der Waals surface area contributed by atoms with Crippen LogP contribution in [0.1, 0.15) is 45.4 Å². The van der Waals surface area contributed by atoms with E-state index in [1.54, 1.807) is 0 Å². The Morgan fingerprint density at radius 1 is 1.44 bits per heavy atom. The summed E-state index contributed by atoms with van der Waals surface area (Å²) in [5.74, 6) is 0.0160. The third kappa shape index (κ3) is 6.08. The summed E-state index contributed by atoms with van der Waals surface area (Å²) in [7, 11) is 0. The lowest BCUT2D eigenvalue weighted by molar-refractivity contribution is -0.121. The fourth-order valence-corrected chi connectivity index (χ4v) is 2.01. The summed E-state index contributed by atoms with van der Waals surface area (Å²) < 4.78 is 5.69. The average molecular weight is 228 g/mol. The number of rotatable bonds is 6. The van der Waals surface area contributed by atoms with Gasteiger partial charge in [-0.05, 0) is 19.8 Å². The molecule has 4 nitrogen and oxygen atoms in total. The first-order chi connectivity index (χ1) is 7.68. The minimum Gasteiger partial charge on any atom is -0.376 e. The second-order valence-corrected chi connectivity index (χ2v) is 4.66. The zero-order valence-electron chi connectivity index (χ0n) is 10.2. The van der Waals surface area contributed by atoms with E-state index in [2.05, 4.69) is 5.32 Å². The Morgan fingerprint density at radius 2 is 2.12 bits per heavy atom. The van der Waals surface area contributed by atoms with Crippen molar-refractivity contribution in [1.82, 2.24) is 5.32 Å². The van der Waals surface area contributed by atoms with Gasteiger partial charge in [-0.3, -0.25) is 4.79 Å². The number of nitrogens with one attached hydrogen (secondary N) is 1. The lowest BCUT2D eigenvalue weighted by atomic mass is 9.98. The van der Waals surface area contributed by atoms with E-state index in [9.17, 15) is 4.79 Å². The first-order valence-electron chi connectivity index (χ1n) is 6.32. The summed E-state index contributed by atoms with van der Waals surface area (Å²) in [5, 5.41) is 2.81. The van der Waals surface area contributed by atoms with Gasteiger partial charge >= 0.3 is 0 Å². The Hall–Kier alpha value is -0.610. The van der Waals surface area contributed by atoms with Crippen molar-refractivity contribution in [2.45, 2.75) is 57.6 Å². The van der Waals surface area contributed by atoms with E-state index < -0.39 is 0 Å². The molecule has 1 rings (SSSR count). The predicted octanol–water partition coefficient (Wildman–Crippen LogP) is 1.19. The molecular formula is C12H24N2O2. The summed E-state index contributed by atoms with van der Waals surface area (Å²) >= 11 is 0. The largest absolute Gasteiger partial charge is 0.376 e. The van der Waals surface area contributed by atoms with Gasteiger partial charge in [0, 0.05) is 19.0 Å². The fraction of sp³-hybridized carbons (Fsp3) is 0.917. The molecule has 1 aliphatic rings. The van der Waals surface area contributed by atoms with Crippen LogP contribution in [0.4, 0.5) is 0 Å². The van der Waals surface area contributed by atoms with Crippen molar-refractivity contribution in [3.8, 4) is 0 Å². The maximum Gasteiger partial charge on any atom is 0.221 e. The molecule has 0 aromatic heterocycles. The van der Waals surface area contributed by atoms with Gasteiger partial charge in [0.1, 0.15) is 0 Å². The maximum absolute atomic E-state index is 11.3. The Kier molecular flexibility index (Phi) is 6.42. The molecule has 1 atom stereocenters. The van der Waals surface area contributed by atoms with E-state index in [4.69, 9.17) is 10.5 Å². The summed E-state index contributed by atoms with van der Waals surface area (Å²) in [6.07, 6.45) is 7.05. The van der Waals surface area contributed by atoms with Crippen molar-refractivity contribution in [2.24, 2.45) is 5.73 Å². The molecule has 0 heterocycles. The molecule has 0 bridgehead atoms. The van der Waals surface area contributed by atoms with Crippen LogP contribution in [0, 0.1) is 0 Å². The highest BCUT2D eigenvalue weighted by atomic mass is 16.5. The highest BCUT2D eigenvalue weighted by Crippen LogP contribution is 2.19.